The topological polar surface area (TPSA) is 76.0 Å². The van der Waals surface area contributed by atoms with Gasteiger partial charge in [-0.05, 0) is 31.2 Å². The number of carbonyl (C=O) groups is 2. The van der Waals surface area contributed by atoms with Crippen molar-refractivity contribution in [3.63, 3.8) is 0 Å². The van der Waals surface area contributed by atoms with Crippen molar-refractivity contribution in [2.75, 3.05) is 5.32 Å². The fraction of sp³-hybridized carbons (Fsp3) is 0.167. The molecule has 0 fully saturated rings. The van der Waals surface area contributed by atoms with Crippen LogP contribution in [0.5, 0.6) is 0 Å². The van der Waals surface area contributed by atoms with Gasteiger partial charge in [-0.25, -0.2) is 0 Å². The molecule has 6 nitrogen and oxygen atoms in total. The van der Waals surface area contributed by atoms with Crippen LogP contribution in [0.2, 0.25) is 0 Å². The summed E-state index contributed by atoms with van der Waals surface area (Å²) >= 11 is 0. The Kier molecular flexibility index (Phi) is 4.29. The number of hydrogen-bond donors (Lipinski definition) is 2. The lowest BCUT2D eigenvalue weighted by atomic mass is 10.2. The molecule has 2 N–H and O–H groups in total. The predicted octanol–water partition coefficient (Wildman–Crippen LogP) is 2.33. The SMILES string of the molecule is CC(NC(=O)c1ccccc1)C(=O)Nc1cccc2c1cnn2C. The zero-order chi connectivity index (χ0) is 17.1. The molecule has 0 spiro atoms. The minimum absolute atomic E-state index is 0.280. The number of rotatable bonds is 4. The average Bonchev–Trinajstić information content (AvgIpc) is 2.98. The minimum atomic E-state index is -0.662. The second-order valence-corrected chi connectivity index (χ2v) is 5.56. The van der Waals surface area contributed by atoms with Gasteiger partial charge in [0.1, 0.15) is 6.04 Å². The molecular formula is C18H18N4O2. The normalized spacial score (nSPS) is 11.9. The Balaban J connectivity index is 1.71. The molecule has 0 radical (unpaired) electrons. The Morgan fingerprint density at radius 3 is 2.58 bits per heavy atom. The number of hydrogen-bond acceptors (Lipinski definition) is 3. The van der Waals surface area contributed by atoms with Crippen LogP contribution in [0.3, 0.4) is 0 Å². The summed E-state index contributed by atoms with van der Waals surface area (Å²) in [5.41, 5.74) is 2.12. The number of nitrogens with one attached hydrogen (secondary N) is 2. The molecule has 24 heavy (non-hydrogen) atoms. The fourth-order valence-corrected chi connectivity index (χ4v) is 2.46. The van der Waals surface area contributed by atoms with Gasteiger partial charge in [0.25, 0.3) is 5.91 Å². The van der Waals surface area contributed by atoms with Crippen molar-refractivity contribution in [2.45, 2.75) is 13.0 Å². The molecule has 122 valence electrons. The van der Waals surface area contributed by atoms with Crippen LogP contribution < -0.4 is 10.6 Å². The zero-order valence-corrected chi connectivity index (χ0v) is 13.5. The van der Waals surface area contributed by atoms with E-state index in [-0.39, 0.29) is 11.8 Å². The molecule has 2 aromatic carbocycles. The molecular weight excluding hydrogens is 304 g/mol. The highest BCUT2D eigenvalue weighted by Gasteiger charge is 2.17. The summed E-state index contributed by atoms with van der Waals surface area (Å²) in [6.07, 6.45) is 1.71. The molecule has 1 atom stereocenters. The van der Waals surface area contributed by atoms with Gasteiger partial charge in [-0.15, -0.1) is 0 Å². The Labute approximate surface area is 139 Å². The third kappa shape index (κ3) is 3.12. The smallest absolute Gasteiger partial charge is 0.251 e. The monoisotopic (exact) mass is 322 g/mol. The summed E-state index contributed by atoms with van der Waals surface area (Å²) in [6, 6.07) is 13.7. The molecule has 1 unspecified atom stereocenters. The number of amides is 2. The van der Waals surface area contributed by atoms with Crippen molar-refractivity contribution < 1.29 is 9.59 Å². The van der Waals surface area contributed by atoms with Crippen LogP contribution in [0, 0.1) is 0 Å². The summed E-state index contributed by atoms with van der Waals surface area (Å²) in [4.78, 5) is 24.5. The number of nitrogens with zero attached hydrogens (tertiary/aromatic N) is 2. The lowest BCUT2D eigenvalue weighted by Crippen LogP contribution is -2.41. The Morgan fingerprint density at radius 2 is 1.83 bits per heavy atom. The first-order valence-electron chi connectivity index (χ1n) is 7.64. The van der Waals surface area contributed by atoms with Gasteiger partial charge >= 0.3 is 0 Å². The standard InChI is InChI=1S/C18H18N4O2/c1-12(20-18(24)13-7-4-3-5-8-13)17(23)21-15-9-6-10-16-14(15)11-19-22(16)2/h3-12H,1-2H3,(H,20,24)(H,21,23). The van der Waals surface area contributed by atoms with Crippen LogP contribution in [-0.2, 0) is 11.8 Å². The quantitative estimate of drug-likeness (QED) is 0.774. The molecule has 3 rings (SSSR count). The third-order valence-electron chi connectivity index (χ3n) is 3.83. The van der Waals surface area contributed by atoms with Crippen LogP contribution in [0.25, 0.3) is 10.9 Å². The van der Waals surface area contributed by atoms with Crippen LogP contribution in [0.15, 0.2) is 54.7 Å². The van der Waals surface area contributed by atoms with Crippen LogP contribution in [-0.4, -0.2) is 27.6 Å². The van der Waals surface area contributed by atoms with E-state index in [1.54, 1.807) is 42.1 Å². The number of benzene rings is 2. The molecule has 0 bridgehead atoms. The maximum atomic E-state index is 12.4. The van der Waals surface area contributed by atoms with Gasteiger partial charge in [-0.3, -0.25) is 14.3 Å². The van der Waals surface area contributed by atoms with E-state index in [2.05, 4.69) is 15.7 Å². The van der Waals surface area contributed by atoms with E-state index in [1.807, 2.05) is 31.3 Å². The van der Waals surface area contributed by atoms with Gasteiger partial charge in [0, 0.05) is 18.0 Å². The molecule has 0 saturated carbocycles. The third-order valence-corrected chi connectivity index (χ3v) is 3.83. The van der Waals surface area contributed by atoms with E-state index in [1.165, 1.54) is 0 Å². The number of carbonyl (C=O) groups excluding carboxylic acids is 2. The van der Waals surface area contributed by atoms with Crippen LogP contribution >= 0.6 is 0 Å². The van der Waals surface area contributed by atoms with E-state index >= 15 is 0 Å². The van der Waals surface area contributed by atoms with Crippen molar-refractivity contribution in [1.82, 2.24) is 15.1 Å². The molecule has 3 aromatic rings. The summed E-state index contributed by atoms with van der Waals surface area (Å²) in [5, 5.41) is 10.6. The highest BCUT2D eigenvalue weighted by Crippen LogP contribution is 2.22. The van der Waals surface area contributed by atoms with Crippen molar-refractivity contribution >= 4 is 28.4 Å². The highest BCUT2D eigenvalue weighted by atomic mass is 16.2. The van der Waals surface area contributed by atoms with Crippen molar-refractivity contribution in [3.8, 4) is 0 Å². The molecule has 1 aromatic heterocycles. The number of anilines is 1. The Morgan fingerprint density at radius 1 is 1.08 bits per heavy atom. The first kappa shape index (κ1) is 15.7. The molecule has 2 amide bonds. The molecule has 0 aliphatic heterocycles. The van der Waals surface area contributed by atoms with Crippen molar-refractivity contribution in [2.24, 2.45) is 7.05 Å². The van der Waals surface area contributed by atoms with E-state index in [9.17, 15) is 9.59 Å². The maximum Gasteiger partial charge on any atom is 0.251 e. The summed E-state index contributed by atoms with van der Waals surface area (Å²) < 4.78 is 1.74. The first-order chi connectivity index (χ1) is 11.6. The second-order valence-electron chi connectivity index (χ2n) is 5.56. The maximum absolute atomic E-state index is 12.4. The molecule has 0 aliphatic rings. The predicted molar refractivity (Wildman–Crippen MR) is 92.7 cm³/mol. The van der Waals surface area contributed by atoms with E-state index in [0.717, 1.165) is 10.9 Å². The molecule has 6 heteroatoms. The summed E-state index contributed by atoms with van der Waals surface area (Å²) in [6.45, 7) is 1.65. The number of aromatic nitrogens is 2. The lowest BCUT2D eigenvalue weighted by Gasteiger charge is -2.14. The zero-order valence-electron chi connectivity index (χ0n) is 13.5. The summed E-state index contributed by atoms with van der Waals surface area (Å²) in [5.74, 6) is -0.562. The van der Waals surface area contributed by atoms with Crippen LogP contribution in [0.4, 0.5) is 5.69 Å². The average molecular weight is 322 g/mol. The van der Waals surface area contributed by atoms with Gasteiger partial charge in [-0.1, -0.05) is 24.3 Å². The van der Waals surface area contributed by atoms with Crippen LogP contribution in [0.1, 0.15) is 17.3 Å². The first-order valence-corrected chi connectivity index (χ1v) is 7.64. The van der Waals surface area contributed by atoms with Gasteiger partial charge < -0.3 is 10.6 Å². The van der Waals surface area contributed by atoms with Gasteiger partial charge in [0.2, 0.25) is 5.91 Å². The van der Waals surface area contributed by atoms with Gasteiger partial charge in [0.05, 0.1) is 17.4 Å². The minimum Gasteiger partial charge on any atom is -0.341 e. The molecule has 0 saturated heterocycles. The van der Waals surface area contributed by atoms with E-state index in [0.29, 0.717) is 11.3 Å². The Bertz CT molecular complexity index is 886. The largest absolute Gasteiger partial charge is 0.341 e. The summed E-state index contributed by atoms with van der Waals surface area (Å²) in [7, 11) is 1.84. The highest BCUT2D eigenvalue weighted by molar-refractivity contribution is 6.05. The van der Waals surface area contributed by atoms with Crippen molar-refractivity contribution in [1.29, 1.82) is 0 Å². The lowest BCUT2D eigenvalue weighted by molar-refractivity contribution is -0.117. The number of aryl methyl sites for hydroxylation is 1. The van der Waals surface area contributed by atoms with E-state index < -0.39 is 6.04 Å². The Hall–Kier alpha value is -3.15. The molecule has 0 aliphatic carbocycles. The van der Waals surface area contributed by atoms with Gasteiger partial charge in [-0.2, -0.15) is 5.10 Å². The molecule has 1 heterocycles. The van der Waals surface area contributed by atoms with Crippen molar-refractivity contribution in [3.05, 3.63) is 60.3 Å². The number of fused-ring (bicyclic) bond motifs is 1. The van der Waals surface area contributed by atoms with E-state index in [4.69, 9.17) is 0 Å². The van der Waals surface area contributed by atoms with Gasteiger partial charge in [0.15, 0.2) is 0 Å². The second kappa shape index (κ2) is 6.54. The fourth-order valence-electron chi connectivity index (χ4n) is 2.46.